The molecule has 0 saturated heterocycles. The maximum Gasteiger partial charge on any atom is 0.255 e. The quantitative estimate of drug-likeness (QED) is 0.688. The summed E-state index contributed by atoms with van der Waals surface area (Å²) in [7, 11) is 0. The van der Waals surface area contributed by atoms with E-state index in [2.05, 4.69) is 30.2 Å². The molecule has 0 aliphatic heterocycles. The molecule has 2 N–H and O–H groups in total. The van der Waals surface area contributed by atoms with Crippen molar-refractivity contribution in [3.05, 3.63) is 54.9 Å². The smallest absolute Gasteiger partial charge is 0.255 e. The summed E-state index contributed by atoms with van der Waals surface area (Å²) in [4.78, 5) is 12.6. The van der Waals surface area contributed by atoms with Crippen LogP contribution < -0.4 is 5.32 Å². The van der Waals surface area contributed by atoms with Crippen LogP contribution in [0.5, 0.6) is 0 Å². The molecular formula is C18H27N3O2. The van der Waals surface area contributed by atoms with Gasteiger partial charge in [0.2, 0.25) is 0 Å². The molecule has 1 aromatic heterocycles. The number of nitrogens with zero attached hydrogens (tertiary/aromatic N) is 2. The molecule has 0 spiro atoms. The molecule has 0 unspecified atom stereocenters. The van der Waals surface area contributed by atoms with Gasteiger partial charge in [0.15, 0.2) is 0 Å². The number of carbonyl (C=O) groups is 1. The van der Waals surface area contributed by atoms with E-state index < -0.39 is 11.6 Å². The van der Waals surface area contributed by atoms with Crippen LogP contribution in [0, 0.1) is 13.8 Å². The number of aryl methyl sites for hydroxylation is 1. The molecule has 1 amide bonds. The largest absolute Gasteiger partial charge is 0.387 e. The number of hydrogen-bond donors (Lipinski definition) is 2. The highest BCUT2D eigenvalue weighted by Crippen LogP contribution is 2.22. The van der Waals surface area contributed by atoms with Gasteiger partial charge < -0.3 is 10.4 Å². The van der Waals surface area contributed by atoms with Crippen LogP contribution in [0.1, 0.15) is 41.5 Å². The molecular weight excluding hydrogens is 290 g/mol. The van der Waals surface area contributed by atoms with Crippen molar-refractivity contribution >= 4 is 5.91 Å². The third-order valence-electron chi connectivity index (χ3n) is 4.06. The second-order valence-corrected chi connectivity index (χ2v) is 5.80. The van der Waals surface area contributed by atoms with E-state index in [0.717, 1.165) is 5.69 Å². The summed E-state index contributed by atoms with van der Waals surface area (Å²) in [6, 6.07) is -0.451. The van der Waals surface area contributed by atoms with Crippen LogP contribution in [0.25, 0.3) is 0 Å². The number of carbonyl (C=O) groups excluding carboxylic acids is 1. The van der Waals surface area contributed by atoms with Crippen molar-refractivity contribution in [1.82, 2.24) is 15.1 Å². The Labute approximate surface area is 138 Å². The number of aliphatic hydroxyl groups is 1. The first-order valence-electron chi connectivity index (χ1n) is 7.70. The van der Waals surface area contributed by atoms with Crippen molar-refractivity contribution in [2.24, 2.45) is 0 Å². The zero-order chi connectivity index (χ0) is 17.6. The van der Waals surface area contributed by atoms with Gasteiger partial charge in [-0.3, -0.25) is 9.48 Å². The number of nitrogens with one attached hydrogen (secondary N) is 1. The summed E-state index contributed by atoms with van der Waals surface area (Å²) < 4.78 is 1.74. The number of allylic oxidation sites excluding steroid dienone is 1. The van der Waals surface area contributed by atoms with Crippen molar-refractivity contribution < 1.29 is 9.90 Å². The Morgan fingerprint density at radius 2 is 1.87 bits per heavy atom. The van der Waals surface area contributed by atoms with E-state index in [9.17, 15) is 9.90 Å². The molecule has 1 aromatic rings. The molecule has 0 aliphatic rings. The lowest BCUT2D eigenvalue weighted by atomic mass is 9.88. The summed E-state index contributed by atoms with van der Waals surface area (Å²) in [6.07, 6.45) is 5.76. The highest BCUT2D eigenvalue weighted by molar-refractivity contribution is 5.96. The van der Waals surface area contributed by atoms with Crippen LogP contribution in [-0.2, 0) is 6.54 Å². The van der Waals surface area contributed by atoms with Gasteiger partial charge in [0.25, 0.3) is 5.91 Å². The molecule has 1 heterocycles. The van der Waals surface area contributed by atoms with E-state index >= 15 is 0 Å². The molecule has 0 radical (unpaired) electrons. The first kappa shape index (κ1) is 18.9. The predicted molar refractivity (Wildman–Crippen MR) is 93.4 cm³/mol. The molecule has 1 atom stereocenters. The summed E-state index contributed by atoms with van der Waals surface area (Å²) in [6.45, 7) is 17.0. The van der Waals surface area contributed by atoms with Gasteiger partial charge in [0, 0.05) is 5.69 Å². The molecule has 1 rings (SSSR count). The maximum absolute atomic E-state index is 12.6. The Hall–Kier alpha value is -2.14. The van der Waals surface area contributed by atoms with Gasteiger partial charge in [0.05, 0.1) is 29.4 Å². The summed E-state index contributed by atoms with van der Waals surface area (Å²) in [5.41, 5.74) is 0.879. The molecule has 0 bridgehead atoms. The minimum absolute atomic E-state index is 0.241. The van der Waals surface area contributed by atoms with Crippen LogP contribution in [-0.4, -0.2) is 32.4 Å². The number of rotatable bonds is 9. The SMILES string of the molecule is C=CCn1nc(C)c(C(=O)N[C@H](C)C(O)(CC=C)CC=C)c1C. The highest BCUT2D eigenvalue weighted by Gasteiger charge is 2.33. The van der Waals surface area contributed by atoms with Crippen LogP contribution in [0.15, 0.2) is 38.0 Å². The van der Waals surface area contributed by atoms with Gasteiger partial charge in [-0.1, -0.05) is 18.2 Å². The Bertz CT molecular complexity index is 592. The summed E-state index contributed by atoms with van der Waals surface area (Å²) >= 11 is 0. The van der Waals surface area contributed by atoms with E-state index in [1.54, 1.807) is 36.8 Å². The second kappa shape index (κ2) is 7.92. The molecule has 23 heavy (non-hydrogen) atoms. The molecule has 0 aliphatic carbocycles. The van der Waals surface area contributed by atoms with Gasteiger partial charge in [-0.15, -0.1) is 19.7 Å². The van der Waals surface area contributed by atoms with E-state index in [1.165, 1.54) is 0 Å². The molecule has 5 nitrogen and oxygen atoms in total. The first-order chi connectivity index (χ1) is 10.8. The third kappa shape index (κ3) is 4.20. The average Bonchev–Trinajstić information content (AvgIpc) is 2.74. The average molecular weight is 317 g/mol. The fourth-order valence-electron chi connectivity index (χ4n) is 2.67. The molecule has 5 heteroatoms. The van der Waals surface area contributed by atoms with E-state index in [4.69, 9.17) is 0 Å². The van der Waals surface area contributed by atoms with Gasteiger partial charge in [-0.25, -0.2) is 0 Å². The molecule has 0 aromatic carbocycles. The van der Waals surface area contributed by atoms with Crippen molar-refractivity contribution in [1.29, 1.82) is 0 Å². The normalized spacial score (nSPS) is 12.5. The van der Waals surface area contributed by atoms with Crippen LogP contribution >= 0.6 is 0 Å². The zero-order valence-electron chi connectivity index (χ0n) is 14.3. The Morgan fingerprint density at radius 3 is 2.35 bits per heavy atom. The fourth-order valence-corrected chi connectivity index (χ4v) is 2.67. The van der Waals surface area contributed by atoms with Crippen molar-refractivity contribution in [2.75, 3.05) is 0 Å². The third-order valence-corrected chi connectivity index (χ3v) is 4.06. The fraction of sp³-hybridized carbons (Fsp3) is 0.444. The maximum atomic E-state index is 12.6. The number of aromatic nitrogens is 2. The van der Waals surface area contributed by atoms with E-state index in [0.29, 0.717) is 30.6 Å². The van der Waals surface area contributed by atoms with Gasteiger partial charge in [-0.2, -0.15) is 5.10 Å². The van der Waals surface area contributed by atoms with E-state index in [-0.39, 0.29) is 5.91 Å². The topological polar surface area (TPSA) is 67.2 Å². The number of amides is 1. The highest BCUT2D eigenvalue weighted by atomic mass is 16.3. The Balaban J connectivity index is 3.00. The predicted octanol–water partition coefficient (Wildman–Crippen LogP) is 2.69. The molecule has 0 saturated carbocycles. The summed E-state index contributed by atoms with van der Waals surface area (Å²) in [5.74, 6) is -0.241. The van der Waals surface area contributed by atoms with Crippen LogP contribution in [0.4, 0.5) is 0 Å². The summed E-state index contributed by atoms with van der Waals surface area (Å²) in [5, 5.41) is 17.9. The van der Waals surface area contributed by atoms with Crippen LogP contribution in [0.2, 0.25) is 0 Å². The monoisotopic (exact) mass is 317 g/mol. The molecule has 0 fully saturated rings. The minimum atomic E-state index is -1.10. The van der Waals surface area contributed by atoms with E-state index in [1.807, 2.05) is 6.92 Å². The molecule has 126 valence electrons. The van der Waals surface area contributed by atoms with Crippen molar-refractivity contribution in [3.63, 3.8) is 0 Å². The van der Waals surface area contributed by atoms with Gasteiger partial charge in [-0.05, 0) is 33.6 Å². The van der Waals surface area contributed by atoms with Crippen LogP contribution in [0.3, 0.4) is 0 Å². The van der Waals surface area contributed by atoms with Crippen molar-refractivity contribution in [2.45, 2.75) is 51.8 Å². The zero-order valence-corrected chi connectivity index (χ0v) is 14.3. The lowest BCUT2D eigenvalue weighted by molar-refractivity contribution is 0.0127. The van der Waals surface area contributed by atoms with Crippen molar-refractivity contribution in [3.8, 4) is 0 Å². The Kier molecular flexibility index (Phi) is 6.51. The second-order valence-electron chi connectivity index (χ2n) is 5.80. The lowest BCUT2D eigenvalue weighted by Crippen LogP contribution is -2.50. The standard InChI is InChI=1S/C18H27N3O2/c1-7-10-18(23,11-8-2)15(6)19-17(22)16-13(4)20-21(12-9-3)14(16)5/h7-9,15,23H,1-3,10-12H2,4-6H3,(H,19,22)/t15-/m1/s1. The number of hydrogen-bond acceptors (Lipinski definition) is 3. The van der Waals surface area contributed by atoms with Gasteiger partial charge in [0.1, 0.15) is 0 Å². The minimum Gasteiger partial charge on any atom is -0.387 e. The van der Waals surface area contributed by atoms with Gasteiger partial charge >= 0.3 is 0 Å². The lowest BCUT2D eigenvalue weighted by Gasteiger charge is -2.33. The first-order valence-corrected chi connectivity index (χ1v) is 7.70. The Morgan fingerprint density at radius 1 is 1.30 bits per heavy atom.